The van der Waals surface area contributed by atoms with Gasteiger partial charge >= 0.3 is 0 Å². The lowest BCUT2D eigenvalue weighted by atomic mass is 10.0. The lowest BCUT2D eigenvalue weighted by Crippen LogP contribution is -1.83. The van der Waals surface area contributed by atoms with Gasteiger partial charge in [0.25, 0.3) is 0 Å². The van der Waals surface area contributed by atoms with Crippen molar-refractivity contribution in [3.8, 4) is 22.6 Å². The molecule has 0 fully saturated rings. The Morgan fingerprint density at radius 1 is 0.875 bits per heavy atom. The van der Waals surface area contributed by atoms with Gasteiger partial charge in [-0.05, 0) is 47.9 Å². The van der Waals surface area contributed by atoms with Gasteiger partial charge in [-0.2, -0.15) is 0 Å². The molecule has 0 spiro atoms. The first-order chi connectivity index (χ1) is 7.58. The molecule has 2 N–H and O–H groups in total. The zero-order chi connectivity index (χ0) is 11.7. The average Bonchev–Trinajstić information content (AvgIpc) is 2.26. The van der Waals surface area contributed by atoms with Gasteiger partial charge in [0.15, 0.2) is 11.6 Å². The summed E-state index contributed by atoms with van der Waals surface area (Å²) in [5, 5.41) is 18.4. The molecule has 0 unspecified atom stereocenters. The maximum atomic E-state index is 13.1. The van der Waals surface area contributed by atoms with E-state index in [-0.39, 0.29) is 11.5 Å². The lowest BCUT2D eigenvalue weighted by Gasteiger charge is -2.05. The standard InChI is InChI=1S/C13H11FO2/c1-8-6-9(2-4-12(8)15)10-3-5-13(16)11(14)7-10/h2-7,15-16H,1H3. The van der Waals surface area contributed by atoms with E-state index in [2.05, 4.69) is 0 Å². The molecule has 0 aliphatic heterocycles. The summed E-state index contributed by atoms with van der Waals surface area (Å²) < 4.78 is 13.1. The molecule has 2 nitrogen and oxygen atoms in total. The number of aryl methyl sites for hydroxylation is 1. The third kappa shape index (κ3) is 1.84. The van der Waals surface area contributed by atoms with Crippen molar-refractivity contribution in [2.45, 2.75) is 6.92 Å². The molecule has 0 aliphatic carbocycles. The molecule has 16 heavy (non-hydrogen) atoms. The summed E-state index contributed by atoms with van der Waals surface area (Å²) in [6, 6.07) is 9.24. The Kier molecular flexibility index (Phi) is 2.52. The fourth-order valence-corrected chi connectivity index (χ4v) is 1.52. The largest absolute Gasteiger partial charge is 0.508 e. The van der Waals surface area contributed by atoms with Crippen LogP contribution in [0.5, 0.6) is 11.5 Å². The van der Waals surface area contributed by atoms with Gasteiger partial charge in [0.1, 0.15) is 5.75 Å². The minimum Gasteiger partial charge on any atom is -0.508 e. The Morgan fingerprint density at radius 2 is 1.44 bits per heavy atom. The van der Waals surface area contributed by atoms with Crippen molar-refractivity contribution in [1.29, 1.82) is 0 Å². The molecular weight excluding hydrogens is 207 g/mol. The quantitative estimate of drug-likeness (QED) is 0.771. The van der Waals surface area contributed by atoms with E-state index in [0.29, 0.717) is 5.56 Å². The van der Waals surface area contributed by atoms with Crippen molar-refractivity contribution in [3.63, 3.8) is 0 Å². The maximum Gasteiger partial charge on any atom is 0.165 e. The van der Waals surface area contributed by atoms with Crippen molar-refractivity contribution >= 4 is 0 Å². The minimum atomic E-state index is -0.650. The molecule has 0 heterocycles. The number of rotatable bonds is 1. The molecule has 0 aliphatic rings. The number of aromatic hydroxyl groups is 2. The van der Waals surface area contributed by atoms with Crippen LogP contribution in [0.2, 0.25) is 0 Å². The lowest BCUT2D eigenvalue weighted by molar-refractivity contribution is 0.432. The van der Waals surface area contributed by atoms with Gasteiger partial charge in [-0.25, -0.2) is 4.39 Å². The van der Waals surface area contributed by atoms with Crippen LogP contribution >= 0.6 is 0 Å². The van der Waals surface area contributed by atoms with Crippen molar-refractivity contribution in [2.75, 3.05) is 0 Å². The molecule has 0 saturated heterocycles. The number of hydrogen-bond donors (Lipinski definition) is 2. The summed E-state index contributed by atoms with van der Waals surface area (Å²) in [4.78, 5) is 0. The second-order valence-electron chi connectivity index (χ2n) is 3.67. The molecule has 0 saturated carbocycles. The van der Waals surface area contributed by atoms with E-state index in [1.807, 2.05) is 0 Å². The van der Waals surface area contributed by atoms with E-state index < -0.39 is 5.82 Å². The second kappa shape index (κ2) is 3.85. The molecule has 0 amide bonds. The second-order valence-corrected chi connectivity index (χ2v) is 3.67. The fraction of sp³-hybridized carbons (Fsp3) is 0.0769. The Hall–Kier alpha value is -2.03. The summed E-state index contributed by atoms with van der Waals surface area (Å²) in [5.74, 6) is -0.800. The molecular formula is C13H11FO2. The molecule has 2 rings (SSSR count). The van der Waals surface area contributed by atoms with E-state index in [0.717, 1.165) is 11.1 Å². The fourth-order valence-electron chi connectivity index (χ4n) is 1.52. The summed E-state index contributed by atoms with van der Waals surface area (Å²) in [6.07, 6.45) is 0. The number of phenolic OH excluding ortho intramolecular Hbond substituents is 2. The first-order valence-corrected chi connectivity index (χ1v) is 4.86. The summed E-state index contributed by atoms with van der Waals surface area (Å²) >= 11 is 0. The van der Waals surface area contributed by atoms with Gasteiger partial charge in [0.2, 0.25) is 0 Å². The highest BCUT2D eigenvalue weighted by Crippen LogP contribution is 2.28. The van der Waals surface area contributed by atoms with Crippen LogP contribution in [-0.4, -0.2) is 10.2 Å². The van der Waals surface area contributed by atoms with E-state index in [1.54, 1.807) is 31.2 Å². The van der Waals surface area contributed by atoms with Gasteiger partial charge in [-0.1, -0.05) is 12.1 Å². The third-order valence-electron chi connectivity index (χ3n) is 2.48. The Bertz CT molecular complexity index is 486. The predicted molar refractivity (Wildman–Crippen MR) is 59.9 cm³/mol. The SMILES string of the molecule is Cc1cc(-c2ccc(O)c(F)c2)ccc1O. The highest BCUT2D eigenvalue weighted by molar-refractivity contribution is 5.66. The van der Waals surface area contributed by atoms with Crippen LogP contribution in [0, 0.1) is 12.7 Å². The zero-order valence-electron chi connectivity index (χ0n) is 8.74. The van der Waals surface area contributed by atoms with E-state index >= 15 is 0 Å². The van der Waals surface area contributed by atoms with E-state index in [9.17, 15) is 9.50 Å². The number of benzene rings is 2. The smallest absolute Gasteiger partial charge is 0.165 e. The molecule has 2 aromatic rings. The van der Waals surface area contributed by atoms with Gasteiger partial charge in [-0.15, -0.1) is 0 Å². The predicted octanol–water partition coefficient (Wildman–Crippen LogP) is 3.21. The van der Waals surface area contributed by atoms with Crippen LogP contribution in [0.15, 0.2) is 36.4 Å². The van der Waals surface area contributed by atoms with Gasteiger partial charge in [0, 0.05) is 0 Å². The molecule has 0 radical (unpaired) electrons. The summed E-state index contributed by atoms with van der Waals surface area (Å²) in [5.41, 5.74) is 2.19. The van der Waals surface area contributed by atoms with Crippen LogP contribution in [-0.2, 0) is 0 Å². The Labute approximate surface area is 92.6 Å². The first-order valence-electron chi connectivity index (χ1n) is 4.86. The van der Waals surface area contributed by atoms with Gasteiger partial charge < -0.3 is 10.2 Å². The topological polar surface area (TPSA) is 40.5 Å². The average molecular weight is 218 g/mol. The third-order valence-corrected chi connectivity index (χ3v) is 2.48. The van der Waals surface area contributed by atoms with E-state index in [4.69, 9.17) is 5.11 Å². The van der Waals surface area contributed by atoms with Crippen LogP contribution in [0.3, 0.4) is 0 Å². The molecule has 0 atom stereocenters. The van der Waals surface area contributed by atoms with Crippen LogP contribution in [0.25, 0.3) is 11.1 Å². The minimum absolute atomic E-state index is 0.211. The highest BCUT2D eigenvalue weighted by atomic mass is 19.1. The monoisotopic (exact) mass is 218 g/mol. The van der Waals surface area contributed by atoms with Gasteiger partial charge in [0.05, 0.1) is 0 Å². The number of halogens is 1. The highest BCUT2D eigenvalue weighted by Gasteiger charge is 2.05. The van der Waals surface area contributed by atoms with Crippen molar-refractivity contribution < 1.29 is 14.6 Å². The maximum absolute atomic E-state index is 13.1. The molecule has 0 bridgehead atoms. The van der Waals surface area contributed by atoms with Crippen LogP contribution in [0.4, 0.5) is 4.39 Å². The van der Waals surface area contributed by atoms with Crippen LogP contribution in [0.1, 0.15) is 5.56 Å². The van der Waals surface area contributed by atoms with E-state index in [1.165, 1.54) is 12.1 Å². The normalized spacial score (nSPS) is 10.4. The Balaban J connectivity index is 2.50. The van der Waals surface area contributed by atoms with Gasteiger partial charge in [-0.3, -0.25) is 0 Å². The molecule has 0 aromatic heterocycles. The zero-order valence-corrected chi connectivity index (χ0v) is 8.74. The molecule has 3 heteroatoms. The van der Waals surface area contributed by atoms with Crippen molar-refractivity contribution in [1.82, 2.24) is 0 Å². The number of hydrogen-bond acceptors (Lipinski definition) is 2. The summed E-state index contributed by atoms with van der Waals surface area (Å²) in [6.45, 7) is 1.77. The Morgan fingerprint density at radius 3 is 2.00 bits per heavy atom. The number of phenols is 2. The summed E-state index contributed by atoms with van der Waals surface area (Å²) in [7, 11) is 0. The first kappa shape index (κ1) is 10.5. The van der Waals surface area contributed by atoms with Crippen LogP contribution < -0.4 is 0 Å². The molecule has 2 aromatic carbocycles. The van der Waals surface area contributed by atoms with Crippen molar-refractivity contribution in [2.24, 2.45) is 0 Å². The molecule has 82 valence electrons. The van der Waals surface area contributed by atoms with Crippen molar-refractivity contribution in [3.05, 3.63) is 47.8 Å².